The highest BCUT2D eigenvalue weighted by Gasteiger charge is 2.34. The lowest BCUT2D eigenvalue weighted by molar-refractivity contribution is -0.143. The molecule has 1 fully saturated rings. The Morgan fingerprint density at radius 1 is 1.36 bits per heavy atom. The van der Waals surface area contributed by atoms with Gasteiger partial charge in [0.25, 0.3) is 0 Å². The van der Waals surface area contributed by atoms with Gasteiger partial charge in [0.2, 0.25) is 0 Å². The SMILES string of the molecule is C=CCCCCCN(C)C(=NC)NCC1CCN(CC(F)(F)F)C1.I. The third-order valence-corrected chi connectivity index (χ3v) is 4.30. The summed E-state index contributed by atoms with van der Waals surface area (Å²) in [6.07, 6.45) is 3.08. The van der Waals surface area contributed by atoms with E-state index in [1.807, 2.05) is 13.1 Å². The van der Waals surface area contributed by atoms with Crippen molar-refractivity contribution in [1.82, 2.24) is 15.1 Å². The number of allylic oxidation sites excluding steroid dienone is 1. The molecule has 148 valence electrons. The molecule has 1 saturated heterocycles. The second kappa shape index (κ2) is 12.8. The van der Waals surface area contributed by atoms with Gasteiger partial charge in [-0.05, 0) is 38.1 Å². The van der Waals surface area contributed by atoms with Gasteiger partial charge in [0.05, 0.1) is 6.54 Å². The lowest BCUT2D eigenvalue weighted by Gasteiger charge is -2.23. The number of alkyl halides is 3. The van der Waals surface area contributed by atoms with Gasteiger partial charge in [-0.3, -0.25) is 9.89 Å². The Bertz CT molecular complexity index is 402. The number of halogens is 4. The van der Waals surface area contributed by atoms with Crippen LogP contribution in [0.3, 0.4) is 0 Å². The lowest BCUT2D eigenvalue weighted by atomic mass is 10.1. The molecule has 0 aromatic carbocycles. The van der Waals surface area contributed by atoms with Gasteiger partial charge in [-0.15, -0.1) is 30.6 Å². The first kappa shape index (κ1) is 24.5. The lowest BCUT2D eigenvalue weighted by Crippen LogP contribution is -2.42. The summed E-state index contributed by atoms with van der Waals surface area (Å²) in [5.41, 5.74) is 0. The summed E-state index contributed by atoms with van der Waals surface area (Å²) >= 11 is 0. The maximum atomic E-state index is 12.4. The largest absolute Gasteiger partial charge is 0.401 e. The van der Waals surface area contributed by atoms with Gasteiger partial charge in [0.15, 0.2) is 5.96 Å². The molecule has 0 amide bonds. The minimum atomic E-state index is -4.11. The van der Waals surface area contributed by atoms with E-state index < -0.39 is 12.7 Å². The monoisotopic (exact) mass is 476 g/mol. The molecule has 1 heterocycles. The Morgan fingerprint density at radius 2 is 2.08 bits per heavy atom. The fourth-order valence-electron chi connectivity index (χ4n) is 3.02. The Morgan fingerprint density at radius 3 is 2.68 bits per heavy atom. The quantitative estimate of drug-likeness (QED) is 0.181. The van der Waals surface area contributed by atoms with E-state index in [4.69, 9.17) is 0 Å². The summed E-state index contributed by atoms with van der Waals surface area (Å²) in [7, 11) is 3.73. The van der Waals surface area contributed by atoms with E-state index in [1.165, 1.54) is 4.90 Å². The molecule has 0 bridgehead atoms. The van der Waals surface area contributed by atoms with Crippen LogP contribution in [0.25, 0.3) is 0 Å². The summed E-state index contributed by atoms with van der Waals surface area (Å²) in [6, 6.07) is 0. The number of hydrogen-bond acceptors (Lipinski definition) is 2. The highest BCUT2D eigenvalue weighted by atomic mass is 127. The van der Waals surface area contributed by atoms with E-state index in [9.17, 15) is 13.2 Å². The van der Waals surface area contributed by atoms with E-state index in [0.717, 1.165) is 44.6 Å². The van der Waals surface area contributed by atoms with Gasteiger partial charge >= 0.3 is 6.18 Å². The molecule has 1 rings (SSSR count). The second-order valence-corrected chi connectivity index (χ2v) is 6.49. The molecule has 0 aromatic rings. The van der Waals surface area contributed by atoms with Crippen LogP contribution < -0.4 is 5.32 Å². The average Bonchev–Trinajstić information content (AvgIpc) is 2.93. The maximum absolute atomic E-state index is 12.4. The molecule has 4 nitrogen and oxygen atoms in total. The third kappa shape index (κ3) is 10.9. The maximum Gasteiger partial charge on any atom is 0.401 e. The van der Waals surface area contributed by atoms with E-state index in [0.29, 0.717) is 19.6 Å². The number of rotatable bonds is 9. The van der Waals surface area contributed by atoms with Crippen LogP contribution in [0.1, 0.15) is 32.1 Å². The Kier molecular flexibility index (Phi) is 12.5. The van der Waals surface area contributed by atoms with Crippen molar-refractivity contribution in [3.8, 4) is 0 Å². The van der Waals surface area contributed by atoms with Crippen molar-refractivity contribution in [3.63, 3.8) is 0 Å². The van der Waals surface area contributed by atoms with Crippen molar-refractivity contribution in [2.75, 3.05) is 46.8 Å². The zero-order chi connectivity index (χ0) is 18.0. The van der Waals surface area contributed by atoms with Crippen LogP contribution in [0.15, 0.2) is 17.6 Å². The smallest absolute Gasteiger partial charge is 0.356 e. The molecule has 1 N–H and O–H groups in total. The van der Waals surface area contributed by atoms with Crippen LogP contribution in [0, 0.1) is 5.92 Å². The minimum Gasteiger partial charge on any atom is -0.356 e. The molecule has 1 aliphatic rings. The highest BCUT2D eigenvalue weighted by Crippen LogP contribution is 2.22. The number of nitrogens with zero attached hydrogens (tertiary/aromatic N) is 3. The molecule has 25 heavy (non-hydrogen) atoms. The zero-order valence-electron chi connectivity index (χ0n) is 15.3. The highest BCUT2D eigenvalue weighted by molar-refractivity contribution is 14.0. The first-order valence-electron chi connectivity index (χ1n) is 8.67. The minimum absolute atomic E-state index is 0. The average molecular weight is 476 g/mol. The number of hydrogen-bond donors (Lipinski definition) is 1. The van der Waals surface area contributed by atoms with E-state index in [2.05, 4.69) is 21.8 Å². The Hall–Kier alpha value is -0.510. The zero-order valence-corrected chi connectivity index (χ0v) is 17.6. The third-order valence-electron chi connectivity index (χ3n) is 4.30. The number of guanidine groups is 1. The van der Waals surface area contributed by atoms with Crippen molar-refractivity contribution < 1.29 is 13.2 Å². The van der Waals surface area contributed by atoms with Crippen molar-refractivity contribution in [2.45, 2.75) is 38.3 Å². The van der Waals surface area contributed by atoms with E-state index in [1.54, 1.807) is 7.05 Å². The van der Waals surface area contributed by atoms with Crippen LogP contribution in [0.4, 0.5) is 13.2 Å². The topological polar surface area (TPSA) is 30.9 Å². The van der Waals surface area contributed by atoms with Crippen molar-refractivity contribution >= 4 is 29.9 Å². The number of nitrogens with one attached hydrogen (secondary N) is 1. The molecule has 1 aliphatic heterocycles. The fraction of sp³-hybridized carbons (Fsp3) is 0.824. The summed E-state index contributed by atoms with van der Waals surface area (Å²) in [5.74, 6) is 1.05. The van der Waals surface area contributed by atoms with Crippen molar-refractivity contribution in [2.24, 2.45) is 10.9 Å². The molecular formula is C17H32F3IN4. The first-order valence-corrected chi connectivity index (χ1v) is 8.67. The first-order chi connectivity index (χ1) is 11.4. The van der Waals surface area contributed by atoms with Crippen LogP contribution >= 0.6 is 24.0 Å². The molecule has 8 heteroatoms. The predicted octanol–water partition coefficient (Wildman–Crippen LogP) is 3.74. The molecule has 0 radical (unpaired) electrons. The van der Waals surface area contributed by atoms with E-state index in [-0.39, 0.29) is 29.9 Å². The second-order valence-electron chi connectivity index (χ2n) is 6.49. The summed E-state index contributed by atoms with van der Waals surface area (Å²) < 4.78 is 37.2. The Labute approximate surface area is 166 Å². The van der Waals surface area contributed by atoms with Gasteiger partial charge < -0.3 is 10.2 Å². The van der Waals surface area contributed by atoms with Gasteiger partial charge in [-0.25, -0.2) is 0 Å². The van der Waals surface area contributed by atoms with Crippen molar-refractivity contribution in [3.05, 3.63) is 12.7 Å². The van der Waals surface area contributed by atoms with Gasteiger partial charge in [0, 0.05) is 33.7 Å². The van der Waals surface area contributed by atoms with Crippen LogP contribution in [-0.4, -0.2) is 68.8 Å². The van der Waals surface area contributed by atoms with Gasteiger partial charge in [-0.1, -0.05) is 12.5 Å². The van der Waals surface area contributed by atoms with Gasteiger partial charge in [0.1, 0.15) is 0 Å². The molecular weight excluding hydrogens is 444 g/mol. The normalized spacial score (nSPS) is 18.8. The molecule has 0 saturated carbocycles. The summed E-state index contributed by atoms with van der Waals surface area (Å²) in [4.78, 5) is 7.83. The van der Waals surface area contributed by atoms with Crippen LogP contribution in [0.5, 0.6) is 0 Å². The standard InChI is InChI=1S/C17H31F3N4.HI/c1-4-5-6-7-8-10-23(3)16(21-2)22-12-15-9-11-24(13-15)14-17(18,19)20;/h4,15H,1,5-14H2,2-3H3,(H,21,22);1H. The Balaban J connectivity index is 0.00000576. The molecule has 0 aliphatic carbocycles. The number of unbranched alkanes of at least 4 members (excludes halogenated alkanes) is 3. The molecule has 0 aromatic heterocycles. The summed E-state index contributed by atoms with van der Waals surface area (Å²) in [6.45, 7) is 5.51. The fourth-order valence-corrected chi connectivity index (χ4v) is 3.02. The summed E-state index contributed by atoms with van der Waals surface area (Å²) in [5, 5.41) is 3.30. The van der Waals surface area contributed by atoms with Crippen LogP contribution in [-0.2, 0) is 0 Å². The predicted molar refractivity (Wildman–Crippen MR) is 109 cm³/mol. The van der Waals surface area contributed by atoms with Gasteiger partial charge in [-0.2, -0.15) is 13.2 Å². The number of likely N-dealkylation sites (tertiary alicyclic amines) is 1. The molecule has 1 atom stereocenters. The molecule has 0 spiro atoms. The number of aliphatic imine (C=N–C) groups is 1. The molecule has 1 unspecified atom stereocenters. The van der Waals surface area contributed by atoms with Crippen molar-refractivity contribution in [1.29, 1.82) is 0 Å². The van der Waals surface area contributed by atoms with Crippen LogP contribution in [0.2, 0.25) is 0 Å². The van der Waals surface area contributed by atoms with E-state index >= 15 is 0 Å².